The lowest BCUT2D eigenvalue weighted by atomic mass is 9.91. The largest absolute Gasteiger partial charge is 0.0864 e. The van der Waals surface area contributed by atoms with Crippen LogP contribution in [0.3, 0.4) is 0 Å². The van der Waals surface area contributed by atoms with Crippen LogP contribution in [0.1, 0.15) is 33.6 Å². The van der Waals surface area contributed by atoms with E-state index in [1.165, 1.54) is 17.3 Å². The van der Waals surface area contributed by atoms with Gasteiger partial charge in [-0.25, -0.2) is 0 Å². The van der Waals surface area contributed by atoms with Gasteiger partial charge in [-0.15, -0.1) is 0 Å². The van der Waals surface area contributed by atoms with Gasteiger partial charge in [0.05, 0.1) is 0 Å². The van der Waals surface area contributed by atoms with Crippen LogP contribution in [-0.2, 0) is 0 Å². The van der Waals surface area contributed by atoms with Gasteiger partial charge < -0.3 is 0 Å². The minimum absolute atomic E-state index is 0.547. The Bertz CT molecular complexity index is 51.9. The lowest BCUT2D eigenvalue weighted by Gasteiger charge is -2.16. The molecule has 0 amide bonds. The molecule has 0 radical (unpaired) electrons. The van der Waals surface area contributed by atoms with E-state index in [-0.39, 0.29) is 0 Å². The molecular weight excluding hydrogens is 211 g/mol. The number of halogens is 1. The molecule has 0 heterocycles. The van der Waals surface area contributed by atoms with Gasteiger partial charge in [-0.1, -0.05) is 43.4 Å². The standard InChI is InChI=1S/C7H15I/c1-7(2,3)5-4-6-8/h4-6H2,1-3H3. The van der Waals surface area contributed by atoms with E-state index in [4.69, 9.17) is 0 Å². The zero-order chi connectivity index (χ0) is 6.62. The first-order valence-electron chi connectivity index (χ1n) is 3.12. The highest BCUT2D eigenvalue weighted by Gasteiger charge is 2.07. The van der Waals surface area contributed by atoms with Crippen LogP contribution in [0.2, 0.25) is 0 Å². The van der Waals surface area contributed by atoms with Crippen molar-refractivity contribution in [3.05, 3.63) is 0 Å². The second-order valence-corrected chi connectivity index (χ2v) is 4.43. The van der Waals surface area contributed by atoms with E-state index in [1.807, 2.05) is 0 Å². The summed E-state index contributed by atoms with van der Waals surface area (Å²) in [5.74, 6) is 0. The highest BCUT2D eigenvalue weighted by molar-refractivity contribution is 14.1. The first-order valence-corrected chi connectivity index (χ1v) is 4.65. The zero-order valence-electron chi connectivity index (χ0n) is 6.00. The Kier molecular flexibility index (Phi) is 4.04. The van der Waals surface area contributed by atoms with Crippen LogP contribution in [0.5, 0.6) is 0 Å². The maximum atomic E-state index is 2.43. The number of alkyl halides is 1. The maximum absolute atomic E-state index is 2.43. The Labute approximate surface area is 66.2 Å². The smallest absolute Gasteiger partial charge is 0.000453 e. The summed E-state index contributed by atoms with van der Waals surface area (Å²) in [5, 5.41) is 0. The summed E-state index contributed by atoms with van der Waals surface area (Å²) in [7, 11) is 0. The van der Waals surface area contributed by atoms with E-state index >= 15 is 0 Å². The van der Waals surface area contributed by atoms with Gasteiger partial charge >= 0.3 is 0 Å². The lowest BCUT2D eigenvalue weighted by Crippen LogP contribution is -2.03. The Morgan fingerprint density at radius 2 is 1.75 bits per heavy atom. The Morgan fingerprint density at radius 3 is 1.88 bits per heavy atom. The highest BCUT2D eigenvalue weighted by atomic mass is 127. The molecule has 0 rings (SSSR count). The van der Waals surface area contributed by atoms with Crippen molar-refractivity contribution in [3.8, 4) is 0 Å². The van der Waals surface area contributed by atoms with Crippen LogP contribution < -0.4 is 0 Å². The normalized spacial score (nSPS) is 12.0. The van der Waals surface area contributed by atoms with Crippen LogP contribution in [0, 0.1) is 5.41 Å². The van der Waals surface area contributed by atoms with Crippen molar-refractivity contribution in [2.45, 2.75) is 33.6 Å². The first kappa shape index (κ1) is 8.73. The number of hydrogen-bond donors (Lipinski definition) is 0. The molecule has 0 atom stereocenters. The maximum Gasteiger partial charge on any atom is -0.000453 e. The molecule has 0 unspecified atom stereocenters. The Balaban J connectivity index is 3.11. The quantitative estimate of drug-likeness (QED) is 0.500. The topological polar surface area (TPSA) is 0 Å². The molecule has 0 aromatic rings. The minimum atomic E-state index is 0.547. The number of hydrogen-bond acceptors (Lipinski definition) is 0. The summed E-state index contributed by atoms with van der Waals surface area (Å²) >= 11 is 2.43. The van der Waals surface area contributed by atoms with Gasteiger partial charge in [-0.05, 0) is 22.7 Å². The van der Waals surface area contributed by atoms with Crippen LogP contribution in [0.25, 0.3) is 0 Å². The molecule has 0 fully saturated rings. The summed E-state index contributed by atoms with van der Waals surface area (Å²) in [5.41, 5.74) is 0.547. The van der Waals surface area contributed by atoms with Crippen molar-refractivity contribution in [1.29, 1.82) is 0 Å². The van der Waals surface area contributed by atoms with Crippen molar-refractivity contribution >= 4 is 22.6 Å². The van der Waals surface area contributed by atoms with E-state index in [0.29, 0.717) is 5.41 Å². The fraction of sp³-hybridized carbons (Fsp3) is 1.00. The fourth-order valence-corrected chi connectivity index (χ4v) is 0.979. The van der Waals surface area contributed by atoms with Gasteiger partial charge in [0.25, 0.3) is 0 Å². The molecule has 0 saturated heterocycles. The SMILES string of the molecule is CC(C)(C)CCCI. The predicted molar refractivity (Wildman–Crippen MR) is 47.6 cm³/mol. The fourth-order valence-electron chi connectivity index (χ4n) is 0.597. The van der Waals surface area contributed by atoms with E-state index in [1.54, 1.807) is 0 Å². The average Bonchev–Trinajstić information content (AvgIpc) is 1.59. The molecule has 0 spiro atoms. The summed E-state index contributed by atoms with van der Waals surface area (Å²) in [4.78, 5) is 0. The van der Waals surface area contributed by atoms with Crippen molar-refractivity contribution in [3.63, 3.8) is 0 Å². The van der Waals surface area contributed by atoms with Crippen LogP contribution in [-0.4, -0.2) is 4.43 Å². The van der Waals surface area contributed by atoms with E-state index in [0.717, 1.165) is 0 Å². The van der Waals surface area contributed by atoms with Crippen molar-refractivity contribution in [1.82, 2.24) is 0 Å². The molecular formula is C7H15I. The molecule has 0 bridgehead atoms. The van der Waals surface area contributed by atoms with E-state index in [9.17, 15) is 0 Å². The van der Waals surface area contributed by atoms with E-state index in [2.05, 4.69) is 43.4 Å². The second-order valence-electron chi connectivity index (χ2n) is 3.35. The summed E-state index contributed by atoms with van der Waals surface area (Å²) in [6, 6.07) is 0. The first-order chi connectivity index (χ1) is 3.56. The van der Waals surface area contributed by atoms with Crippen LogP contribution in [0.4, 0.5) is 0 Å². The Hall–Kier alpha value is 0.730. The van der Waals surface area contributed by atoms with Gasteiger partial charge in [0.15, 0.2) is 0 Å². The predicted octanol–water partition coefficient (Wildman–Crippen LogP) is 3.25. The van der Waals surface area contributed by atoms with E-state index < -0.39 is 0 Å². The molecule has 0 aliphatic heterocycles. The molecule has 0 aromatic heterocycles. The third-order valence-electron chi connectivity index (χ3n) is 1.06. The van der Waals surface area contributed by atoms with Gasteiger partial charge in [-0.3, -0.25) is 0 Å². The molecule has 0 nitrogen and oxygen atoms in total. The van der Waals surface area contributed by atoms with Gasteiger partial charge in [-0.2, -0.15) is 0 Å². The molecule has 0 N–H and O–H groups in total. The molecule has 0 aromatic carbocycles. The summed E-state index contributed by atoms with van der Waals surface area (Å²) < 4.78 is 1.30. The number of rotatable bonds is 2. The zero-order valence-corrected chi connectivity index (χ0v) is 8.16. The second kappa shape index (κ2) is 3.70. The monoisotopic (exact) mass is 226 g/mol. The average molecular weight is 226 g/mol. The van der Waals surface area contributed by atoms with Crippen molar-refractivity contribution in [2.24, 2.45) is 5.41 Å². The van der Waals surface area contributed by atoms with Crippen LogP contribution >= 0.6 is 22.6 Å². The van der Waals surface area contributed by atoms with Gasteiger partial charge in [0.2, 0.25) is 0 Å². The molecule has 0 aliphatic carbocycles. The van der Waals surface area contributed by atoms with Crippen LogP contribution in [0.15, 0.2) is 0 Å². The molecule has 0 aliphatic rings. The summed E-state index contributed by atoms with van der Waals surface area (Å²) in [6.45, 7) is 6.87. The lowest BCUT2D eigenvalue weighted by molar-refractivity contribution is 0.375. The minimum Gasteiger partial charge on any atom is -0.0864 e. The van der Waals surface area contributed by atoms with Gasteiger partial charge in [0, 0.05) is 0 Å². The highest BCUT2D eigenvalue weighted by Crippen LogP contribution is 2.20. The van der Waals surface area contributed by atoms with Gasteiger partial charge in [0.1, 0.15) is 0 Å². The third-order valence-corrected chi connectivity index (χ3v) is 1.82. The summed E-state index contributed by atoms with van der Waals surface area (Å²) in [6.07, 6.45) is 2.72. The molecule has 1 heteroatoms. The third kappa shape index (κ3) is 6.73. The molecule has 8 heavy (non-hydrogen) atoms. The molecule has 50 valence electrons. The van der Waals surface area contributed by atoms with Crippen molar-refractivity contribution in [2.75, 3.05) is 4.43 Å². The van der Waals surface area contributed by atoms with Crippen molar-refractivity contribution < 1.29 is 0 Å². The Morgan fingerprint density at radius 1 is 1.25 bits per heavy atom. The molecule has 0 saturated carbocycles.